The highest BCUT2D eigenvalue weighted by Gasteiger charge is 2.29. The summed E-state index contributed by atoms with van der Waals surface area (Å²) in [5, 5.41) is 22.9. The number of primary sulfonamides is 1. The van der Waals surface area contributed by atoms with Gasteiger partial charge < -0.3 is 10.8 Å². The molecule has 0 aliphatic heterocycles. The number of carbonyl (C=O) groups is 1. The Morgan fingerprint density at radius 1 is 1.19 bits per heavy atom. The van der Waals surface area contributed by atoms with Gasteiger partial charge in [-0.1, -0.05) is 35.0 Å². The van der Waals surface area contributed by atoms with E-state index in [1.165, 1.54) is 23.0 Å². The molecule has 1 aromatic heterocycles. The number of carbonyl (C=O) groups excluding carboxylic acids is 1. The number of nitrogens with zero attached hydrogens (tertiary/aromatic N) is 4. The van der Waals surface area contributed by atoms with Gasteiger partial charge in [0.15, 0.2) is 11.6 Å². The number of nitrogens with two attached hydrogens (primary N) is 2. The second kappa shape index (κ2) is 6.87. The molecule has 0 unspecified atom stereocenters. The Labute approximate surface area is 158 Å². The van der Waals surface area contributed by atoms with E-state index in [0.717, 1.165) is 4.90 Å². The number of hydrogen-bond acceptors (Lipinski definition) is 6. The SMILES string of the molecule is NC(=O)N(c1ccc(Cl)c(S(N)(=O)=O)c1O)c1cnnn1-c1ccccc1. The van der Waals surface area contributed by atoms with Gasteiger partial charge in [0.1, 0.15) is 4.90 Å². The van der Waals surface area contributed by atoms with Crippen LogP contribution in [0, 0.1) is 0 Å². The van der Waals surface area contributed by atoms with Gasteiger partial charge in [-0.2, -0.15) is 4.68 Å². The Morgan fingerprint density at radius 3 is 2.44 bits per heavy atom. The van der Waals surface area contributed by atoms with Crippen LogP contribution in [-0.2, 0) is 10.0 Å². The standard InChI is InChI=1S/C15H13ClN6O4S/c16-10-6-7-11(13(23)14(10)27(18,25)26)21(15(17)24)12-8-19-20-22(12)9-4-2-1-3-5-9/h1-8,23H,(H2,17,24)(H2,18,25,26). The summed E-state index contributed by atoms with van der Waals surface area (Å²) in [6.45, 7) is 0. The number of aromatic hydroxyl groups is 1. The van der Waals surface area contributed by atoms with Crippen molar-refractivity contribution in [3.8, 4) is 11.4 Å². The van der Waals surface area contributed by atoms with Crippen LogP contribution in [0.3, 0.4) is 0 Å². The molecule has 27 heavy (non-hydrogen) atoms. The Kier molecular flexibility index (Phi) is 4.74. The van der Waals surface area contributed by atoms with Crippen molar-refractivity contribution in [2.75, 3.05) is 4.90 Å². The summed E-state index contributed by atoms with van der Waals surface area (Å²) in [5.41, 5.74) is 5.76. The van der Waals surface area contributed by atoms with Gasteiger partial charge in [0.25, 0.3) is 0 Å². The molecule has 0 fully saturated rings. The average Bonchev–Trinajstić information content (AvgIpc) is 3.05. The van der Waals surface area contributed by atoms with E-state index in [0.29, 0.717) is 5.69 Å². The second-order valence-corrected chi connectivity index (χ2v) is 7.21. The molecule has 0 spiro atoms. The van der Waals surface area contributed by atoms with E-state index in [2.05, 4.69) is 10.3 Å². The minimum atomic E-state index is -4.38. The smallest absolute Gasteiger partial charge is 0.325 e. The van der Waals surface area contributed by atoms with E-state index in [9.17, 15) is 18.3 Å². The van der Waals surface area contributed by atoms with Gasteiger partial charge in [0, 0.05) is 0 Å². The molecule has 0 saturated carbocycles. The molecule has 10 nitrogen and oxygen atoms in total. The number of urea groups is 1. The monoisotopic (exact) mass is 408 g/mol. The highest BCUT2D eigenvalue weighted by Crippen LogP contribution is 2.40. The predicted octanol–water partition coefficient (Wildman–Crippen LogP) is 1.49. The quantitative estimate of drug-likeness (QED) is 0.593. The summed E-state index contributed by atoms with van der Waals surface area (Å²) < 4.78 is 24.8. The number of primary amides is 1. The fourth-order valence-corrected chi connectivity index (χ4v) is 3.67. The lowest BCUT2D eigenvalue weighted by molar-refractivity contribution is 0.255. The van der Waals surface area contributed by atoms with E-state index in [1.54, 1.807) is 30.3 Å². The molecule has 0 bridgehead atoms. The molecule has 0 saturated heterocycles. The van der Waals surface area contributed by atoms with Gasteiger partial charge >= 0.3 is 6.03 Å². The topological polar surface area (TPSA) is 157 Å². The summed E-state index contributed by atoms with van der Waals surface area (Å²) >= 11 is 5.84. The number of rotatable bonds is 4. The summed E-state index contributed by atoms with van der Waals surface area (Å²) in [6, 6.07) is 10.1. The van der Waals surface area contributed by atoms with Crippen molar-refractivity contribution in [3.63, 3.8) is 0 Å². The van der Waals surface area contributed by atoms with Crippen LogP contribution >= 0.6 is 11.6 Å². The number of benzene rings is 2. The molecule has 140 valence electrons. The van der Waals surface area contributed by atoms with Crippen LogP contribution in [0.4, 0.5) is 16.3 Å². The zero-order chi connectivity index (χ0) is 19.8. The van der Waals surface area contributed by atoms with Gasteiger partial charge in [-0.25, -0.2) is 23.3 Å². The molecule has 0 atom stereocenters. The molecular weight excluding hydrogens is 396 g/mol. The molecule has 1 heterocycles. The van der Waals surface area contributed by atoms with Crippen molar-refractivity contribution in [3.05, 3.63) is 53.7 Å². The number of aromatic nitrogens is 3. The first kappa shape index (κ1) is 18.6. The molecule has 3 aromatic rings. The lowest BCUT2D eigenvalue weighted by atomic mass is 10.2. The fourth-order valence-electron chi connectivity index (χ4n) is 2.48. The molecule has 2 amide bonds. The molecule has 0 aliphatic carbocycles. The van der Waals surface area contributed by atoms with Gasteiger partial charge in [-0.05, 0) is 24.3 Å². The summed E-state index contributed by atoms with van der Waals surface area (Å²) in [4.78, 5) is 12.2. The maximum absolute atomic E-state index is 12.1. The third-order valence-corrected chi connectivity index (χ3v) is 4.98. The predicted molar refractivity (Wildman–Crippen MR) is 97.6 cm³/mol. The largest absolute Gasteiger partial charge is 0.504 e. The van der Waals surface area contributed by atoms with Crippen LogP contribution in [0.2, 0.25) is 5.02 Å². The average molecular weight is 409 g/mol. The van der Waals surface area contributed by atoms with Crippen LogP contribution in [0.1, 0.15) is 0 Å². The number of hydrogen-bond donors (Lipinski definition) is 3. The van der Waals surface area contributed by atoms with Crippen LogP contribution < -0.4 is 15.8 Å². The van der Waals surface area contributed by atoms with E-state index < -0.39 is 26.7 Å². The maximum Gasteiger partial charge on any atom is 0.325 e. The fraction of sp³-hybridized carbons (Fsp3) is 0. The van der Waals surface area contributed by atoms with E-state index in [-0.39, 0.29) is 16.5 Å². The van der Waals surface area contributed by atoms with Crippen molar-refractivity contribution >= 4 is 39.2 Å². The highest BCUT2D eigenvalue weighted by molar-refractivity contribution is 7.89. The third-order valence-electron chi connectivity index (χ3n) is 3.57. The second-order valence-electron chi connectivity index (χ2n) is 5.30. The van der Waals surface area contributed by atoms with Crippen LogP contribution in [0.15, 0.2) is 53.6 Å². The molecular formula is C15H13ClN6O4S. The zero-order valence-electron chi connectivity index (χ0n) is 13.5. The number of halogens is 1. The minimum absolute atomic E-state index is 0.0618. The molecule has 12 heteroatoms. The third kappa shape index (κ3) is 3.43. The van der Waals surface area contributed by atoms with Gasteiger partial charge in [-0.15, -0.1) is 5.10 Å². The number of amides is 2. The van der Waals surface area contributed by atoms with Crippen molar-refractivity contribution in [2.45, 2.75) is 4.90 Å². The zero-order valence-corrected chi connectivity index (χ0v) is 15.1. The van der Waals surface area contributed by atoms with Crippen LogP contribution in [0.25, 0.3) is 5.69 Å². The van der Waals surface area contributed by atoms with Gasteiger partial charge in [0.05, 0.1) is 22.6 Å². The summed E-state index contributed by atoms with van der Waals surface area (Å²) in [6.07, 6.45) is 1.22. The lowest BCUT2D eigenvalue weighted by Gasteiger charge is -2.22. The van der Waals surface area contributed by atoms with E-state index in [4.69, 9.17) is 22.5 Å². The molecule has 0 radical (unpaired) electrons. The van der Waals surface area contributed by atoms with Crippen molar-refractivity contribution in [2.24, 2.45) is 10.9 Å². The first-order valence-electron chi connectivity index (χ1n) is 7.31. The van der Waals surface area contributed by atoms with Crippen molar-refractivity contribution in [1.29, 1.82) is 0 Å². The van der Waals surface area contributed by atoms with Gasteiger partial charge in [0.2, 0.25) is 10.0 Å². The molecule has 5 N–H and O–H groups in total. The number of para-hydroxylation sites is 1. The van der Waals surface area contributed by atoms with E-state index >= 15 is 0 Å². The van der Waals surface area contributed by atoms with Crippen LogP contribution in [0.5, 0.6) is 5.75 Å². The maximum atomic E-state index is 12.1. The Bertz CT molecular complexity index is 1120. The molecule has 2 aromatic carbocycles. The normalized spacial score (nSPS) is 11.3. The lowest BCUT2D eigenvalue weighted by Crippen LogP contribution is -2.33. The van der Waals surface area contributed by atoms with E-state index in [1.807, 2.05) is 0 Å². The number of anilines is 2. The minimum Gasteiger partial charge on any atom is -0.504 e. The Hall–Kier alpha value is -3.15. The van der Waals surface area contributed by atoms with Gasteiger partial charge in [-0.3, -0.25) is 0 Å². The summed E-state index contributed by atoms with van der Waals surface area (Å²) in [5.74, 6) is -0.767. The molecule has 0 aliphatic rings. The van der Waals surface area contributed by atoms with Crippen LogP contribution in [-0.4, -0.2) is 34.5 Å². The number of phenolic OH excluding ortho intramolecular Hbond substituents is 1. The number of phenols is 1. The first-order chi connectivity index (χ1) is 12.7. The highest BCUT2D eigenvalue weighted by atomic mass is 35.5. The Balaban J connectivity index is 2.24. The first-order valence-corrected chi connectivity index (χ1v) is 9.24. The van der Waals surface area contributed by atoms with Crippen molar-refractivity contribution < 1.29 is 18.3 Å². The van der Waals surface area contributed by atoms with Crippen molar-refractivity contribution in [1.82, 2.24) is 15.0 Å². The number of sulfonamides is 1. The Morgan fingerprint density at radius 2 is 1.85 bits per heavy atom. The molecule has 3 rings (SSSR count). The summed E-state index contributed by atoms with van der Waals surface area (Å²) in [7, 11) is -4.38.